The molecule has 1 saturated heterocycles. The Bertz CT molecular complexity index is 937. The first-order valence-electron chi connectivity index (χ1n) is 10.2. The number of aromatic nitrogens is 4. The van der Waals surface area contributed by atoms with Crippen LogP contribution in [-0.4, -0.2) is 49.5 Å². The van der Waals surface area contributed by atoms with Crippen molar-refractivity contribution in [2.24, 2.45) is 0 Å². The number of hydrogen-bond acceptors (Lipinski definition) is 6. The lowest BCUT2D eigenvalue weighted by Gasteiger charge is -2.30. The maximum Gasteiger partial charge on any atom is 0.415 e. The number of carbonyl (C=O) groups excluding carboxylic acids is 1. The molecule has 0 bridgehead atoms. The van der Waals surface area contributed by atoms with Crippen LogP contribution in [0.5, 0.6) is 5.75 Å². The summed E-state index contributed by atoms with van der Waals surface area (Å²) in [6, 6.07) is 11.9. The zero-order valence-corrected chi connectivity index (χ0v) is 17.8. The third kappa shape index (κ3) is 5.60. The number of amides is 1. The Morgan fingerprint density at radius 3 is 2.60 bits per heavy atom. The minimum atomic E-state index is -0.284. The van der Waals surface area contributed by atoms with Gasteiger partial charge in [0.2, 0.25) is 5.16 Å². The molecule has 0 spiro atoms. The van der Waals surface area contributed by atoms with Crippen LogP contribution in [0.25, 0.3) is 0 Å². The number of benzene rings is 1. The van der Waals surface area contributed by atoms with Gasteiger partial charge in [0.05, 0.1) is 0 Å². The summed E-state index contributed by atoms with van der Waals surface area (Å²) in [7, 11) is 0. The van der Waals surface area contributed by atoms with Crippen LogP contribution in [-0.2, 0) is 12.8 Å². The number of thioether (sulfide) groups is 1. The zero-order valence-electron chi connectivity index (χ0n) is 17.0. The highest BCUT2D eigenvalue weighted by Crippen LogP contribution is 2.28. The van der Waals surface area contributed by atoms with E-state index in [0.29, 0.717) is 24.1 Å². The summed E-state index contributed by atoms with van der Waals surface area (Å²) in [5.41, 5.74) is 3.45. The second-order valence-corrected chi connectivity index (χ2v) is 8.69. The zero-order chi connectivity index (χ0) is 20.8. The van der Waals surface area contributed by atoms with Gasteiger partial charge in [-0.2, -0.15) is 0 Å². The largest absolute Gasteiger partial charge is 0.415 e. The minimum Gasteiger partial charge on any atom is -0.410 e. The predicted octanol–water partition coefficient (Wildman–Crippen LogP) is 4.05. The Morgan fingerprint density at radius 2 is 1.93 bits per heavy atom. The van der Waals surface area contributed by atoms with Crippen molar-refractivity contribution < 1.29 is 9.53 Å². The fourth-order valence-electron chi connectivity index (χ4n) is 3.37. The molecule has 3 heterocycles. The summed E-state index contributed by atoms with van der Waals surface area (Å²) in [4.78, 5) is 22.8. The molecule has 30 heavy (non-hydrogen) atoms. The number of pyridine rings is 1. The van der Waals surface area contributed by atoms with E-state index in [1.165, 1.54) is 11.1 Å². The van der Waals surface area contributed by atoms with Crippen molar-refractivity contribution >= 4 is 17.9 Å². The van der Waals surface area contributed by atoms with Crippen LogP contribution in [0.15, 0.2) is 54.1 Å². The number of rotatable bonds is 6. The molecule has 0 radical (unpaired) electrons. The van der Waals surface area contributed by atoms with Crippen molar-refractivity contribution in [3.8, 4) is 5.75 Å². The van der Waals surface area contributed by atoms with E-state index in [1.54, 1.807) is 23.0 Å². The van der Waals surface area contributed by atoms with E-state index < -0.39 is 0 Å². The normalized spacial score (nSPS) is 14.6. The predicted molar refractivity (Wildman–Crippen MR) is 116 cm³/mol. The number of H-pyrrole nitrogens is 1. The number of piperidine rings is 1. The van der Waals surface area contributed by atoms with E-state index in [1.807, 2.05) is 37.4 Å². The van der Waals surface area contributed by atoms with Crippen molar-refractivity contribution in [1.29, 1.82) is 0 Å². The van der Waals surface area contributed by atoms with E-state index in [2.05, 4.69) is 32.3 Å². The minimum absolute atomic E-state index is 0.284. The van der Waals surface area contributed by atoms with Crippen LogP contribution < -0.4 is 4.74 Å². The van der Waals surface area contributed by atoms with E-state index in [0.717, 1.165) is 36.5 Å². The molecule has 3 aromatic rings. The lowest BCUT2D eigenvalue weighted by Crippen LogP contribution is -2.40. The van der Waals surface area contributed by atoms with Gasteiger partial charge < -0.3 is 9.64 Å². The second kappa shape index (κ2) is 9.75. The standard InChI is InChI=1S/C22H25N5O2S/c1-16-2-6-18(23-14-16)7-3-17-4-8-19(9-5-17)29-22(28)27-12-10-20(11-13-27)30-21-24-15-25-26-21/h2,4-6,8-9,14-15,20H,3,7,10-13H2,1H3,(H,24,25,26). The van der Waals surface area contributed by atoms with Crippen LogP contribution in [0.3, 0.4) is 0 Å². The summed E-state index contributed by atoms with van der Waals surface area (Å²) in [6.07, 6.45) is 6.79. The summed E-state index contributed by atoms with van der Waals surface area (Å²) < 4.78 is 5.56. The van der Waals surface area contributed by atoms with Gasteiger partial charge in [0.25, 0.3) is 0 Å². The van der Waals surface area contributed by atoms with Gasteiger partial charge >= 0.3 is 6.09 Å². The first-order valence-corrected chi connectivity index (χ1v) is 11.0. The number of aryl methyl sites for hydroxylation is 3. The van der Waals surface area contributed by atoms with E-state index in [-0.39, 0.29) is 6.09 Å². The number of aromatic amines is 1. The van der Waals surface area contributed by atoms with E-state index in [4.69, 9.17) is 4.74 Å². The first kappa shape index (κ1) is 20.4. The molecule has 0 unspecified atom stereocenters. The molecule has 8 heteroatoms. The van der Waals surface area contributed by atoms with Crippen molar-refractivity contribution in [3.05, 3.63) is 65.7 Å². The van der Waals surface area contributed by atoms with E-state index >= 15 is 0 Å². The fraction of sp³-hybridized carbons (Fsp3) is 0.364. The summed E-state index contributed by atoms with van der Waals surface area (Å²) in [6.45, 7) is 3.40. The Labute approximate surface area is 180 Å². The Hall–Kier alpha value is -2.87. The molecule has 0 aliphatic carbocycles. The van der Waals surface area contributed by atoms with Gasteiger partial charge in [0.1, 0.15) is 12.1 Å². The van der Waals surface area contributed by atoms with Crippen LogP contribution in [0, 0.1) is 6.92 Å². The molecule has 7 nitrogen and oxygen atoms in total. The Balaban J connectivity index is 1.22. The van der Waals surface area contributed by atoms with E-state index in [9.17, 15) is 4.79 Å². The van der Waals surface area contributed by atoms with Crippen molar-refractivity contribution in [1.82, 2.24) is 25.1 Å². The van der Waals surface area contributed by atoms with Crippen LogP contribution in [0.2, 0.25) is 0 Å². The highest BCUT2D eigenvalue weighted by atomic mass is 32.2. The summed E-state index contributed by atoms with van der Waals surface area (Å²) in [5.74, 6) is 0.578. The highest BCUT2D eigenvalue weighted by molar-refractivity contribution is 7.99. The lowest BCUT2D eigenvalue weighted by atomic mass is 10.1. The maximum absolute atomic E-state index is 12.5. The average molecular weight is 424 g/mol. The van der Waals surface area contributed by atoms with Gasteiger partial charge in [-0.15, -0.1) is 5.10 Å². The van der Waals surface area contributed by atoms with Crippen molar-refractivity contribution in [3.63, 3.8) is 0 Å². The van der Waals surface area contributed by atoms with Crippen LogP contribution in [0.1, 0.15) is 29.7 Å². The third-order valence-corrected chi connectivity index (χ3v) is 6.35. The fourth-order valence-corrected chi connectivity index (χ4v) is 4.33. The molecule has 1 fully saturated rings. The topological polar surface area (TPSA) is 84.0 Å². The Morgan fingerprint density at radius 1 is 1.13 bits per heavy atom. The molecular weight excluding hydrogens is 398 g/mol. The molecule has 156 valence electrons. The van der Waals surface area contributed by atoms with Gasteiger partial charge in [-0.3, -0.25) is 10.1 Å². The second-order valence-electron chi connectivity index (χ2n) is 7.42. The molecule has 2 aromatic heterocycles. The molecule has 4 rings (SSSR count). The van der Waals surface area contributed by atoms with Gasteiger partial charge in [-0.25, -0.2) is 9.78 Å². The van der Waals surface area contributed by atoms with Crippen molar-refractivity contribution in [2.75, 3.05) is 13.1 Å². The van der Waals surface area contributed by atoms with Crippen LogP contribution in [0.4, 0.5) is 4.79 Å². The molecular formula is C22H25N5O2S. The van der Waals surface area contributed by atoms with Crippen molar-refractivity contribution in [2.45, 2.75) is 43.0 Å². The summed E-state index contributed by atoms with van der Waals surface area (Å²) >= 11 is 1.66. The molecule has 1 N–H and O–H groups in total. The third-order valence-electron chi connectivity index (χ3n) is 5.14. The number of ether oxygens (including phenoxy) is 1. The quantitative estimate of drug-likeness (QED) is 0.644. The molecule has 1 aliphatic rings. The van der Waals surface area contributed by atoms with Gasteiger partial charge in [-0.05, 0) is 61.9 Å². The number of nitrogens with one attached hydrogen (secondary N) is 1. The first-order chi connectivity index (χ1) is 14.7. The van der Waals surface area contributed by atoms with Gasteiger partial charge in [0.15, 0.2) is 0 Å². The summed E-state index contributed by atoms with van der Waals surface area (Å²) in [5, 5.41) is 7.99. The highest BCUT2D eigenvalue weighted by Gasteiger charge is 2.25. The molecule has 0 saturated carbocycles. The number of hydrogen-bond donors (Lipinski definition) is 1. The van der Waals surface area contributed by atoms with Crippen LogP contribution >= 0.6 is 11.8 Å². The molecule has 1 aliphatic heterocycles. The van der Waals surface area contributed by atoms with Gasteiger partial charge in [-0.1, -0.05) is 30.0 Å². The SMILES string of the molecule is Cc1ccc(CCc2ccc(OC(=O)N3CCC(Sc4nc[nH]n4)CC3)cc2)nc1. The monoisotopic (exact) mass is 423 g/mol. The lowest BCUT2D eigenvalue weighted by molar-refractivity contribution is 0.143. The number of nitrogens with zero attached hydrogens (tertiary/aromatic N) is 4. The smallest absolute Gasteiger partial charge is 0.410 e. The maximum atomic E-state index is 12.5. The molecule has 0 atom stereocenters. The average Bonchev–Trinajstić information content (AvgIpc) is 3.28. The molecule has 1 aromatic carbocycles. The molecule has 1 amide bonds. The Kier molecular flexibility index (Phi) is 6.63. The number of carbonyl (C=O) groups is 1. The number of likely N-dealkylation sites (tertiary alicyclic amines) is 1. The van der Waals surface area contributed by atoms with Gasteiger partial charge in [0, 0.05) is 30.2 Å².